The van der Waals surface area contributed by atoms with Crippen LogP contribution in [0.25, 0.3) is 0 Å². The summed E-state index contributed by atoms with van der Waals surface area (Å²) in [5.41, 5.74) is 1.00. The van der Waals surface area contributed by atoms with E-state index in [0.717, 1.165) is 49.2 Å². The Bertz CT molecular complexity index is 730. The maximum absolute atomic E-state index is 13.0. The molecule has 0 radical (unpaired) electrons. The van der Waals surface area contributed by atoms with Crippen LogP contribution in [0.5, 0.6) is 0 Å². The molecule has 0 unspecified atom stereocenters. The van der Waals surface area contributed by atoms with Gasteiger partial charge in [0.2, 0.25) is 5.13 Å². The first-order valence-electron chi connectivity index (χ1n) is 9.20. The van der Waals surface area contributed by atoms with Crippen molar-refractivity contribution < 1.29 is 9.18 Å². The van der Waals surface area contributed by atoms with E-state index >= 15 is 0 Å². The van der Waals surface area contributed by atoms with Gasteiger partial charge in [-0.1, -0.05) is 12.1 Å². The molecule has 2 heterocycles. The molecule has 1 aliphatic rings. The van der Waals surface area contributed by atoms with Crippen molar-refractivity contribution in [2.75, 3.05) is 50.7 Å². The van der Waals surface area contributed by atoms with Crippen molar-refractivity contribution in [1.82, 2.24) is 24.9 Å². The zero-order valence-electron chi connectivity index (χ0n) is 15.4. The minimum Gasteiger partial charge on any atom is -0.344 e. The summed E-state index contributed by atoms with van der Waals surface area (Å²) in [7, 11) is 0. The Morgan fingerprint density at radius 3 is 2.63 bits per heavy atom. The van der Waals surface area contributed by atoms with Gasteiger partial charge in [-0.15, -0.1) is 0 Å². The van der Waals surface area contributed by atoms with Gasteiger partial charge in [-0.05, 0) is 24.6 Å². The first-order valence-corrected chi connectivity index (χ1v) is 9.97. The highest BCUT2D eigenvalue weighted by atomic mass is 32.1. The van der Waals surface area contributed by atoms with Gasteiger partial charge in [0.25, 0.3) is 0 Å². The zero-order valence-corrected chi connectivity index (χ0v) is 16.3. The lowest BCUT2D eigenvalue weighted by Gasteiger charge is -2.34. The third kappa shape index (κ3) is 5.86. The van der Waals surface area contributed by atoms with Crippen molar-refractivity contribution in [3.63, 3.8) is 0 Å². The molecule has 1 aliphatic heterocycles. The first-order chi connectivity index (χ1) is 13.1. The molecule has 27 heavy (non-hydrogen) atoms. The van der Waals surface area contributed by atoms with Crippen LogP contribution in [0, 0.1) is 5.82 Å². The van der Waals surface area contributed by atoms with Crippen molar-refractivity contribution in [3.8, 4) is 0 Å². The zero-order chi connectivity index (χ0) is 19.1. The average molecular weight is 393 g/mol. The van der Waals surface area contributed by atoms with E-state index in [1.165, 1.54) is 23.7 Å². The number of carbonyl (C=O) groups excluding carboxylic acids is 1. The molecule has 2 aromatic rings. The van der Waals surface area contributed by atoms with Gasteiger partial charge in [-0.25, -0.2) is 14.2 Å². The summed E-state index contributed by atoms with van der Waals surface area (Å²) in [6.07, 6.45) is 0.613. The molecule has 9 heteroatoms. The molecular weight excluding hydrogens is 367 g/mol. The number of aromatic nitrogens is 2. The molecule has 2 N–H and O–H groups in total. The third-order valence-corrected chi connectivity index (χ3v) is 5.24. The molecule has 146 valence electrons. The summed E-state index contributed by atoms with van der Waals surface area (Å²) in [4.78, 5) is 20.6. The van der Waals surface area contributed by atoms with E-state index in [-0.39, 0.29) is 11.8 Å². The fourth-order valence-corrected chi connectivity index (χ4v) is 3.68. The number of anilines is 1. The lowest BCUT2D eigenvalue weighted by Crippen LogP contribution is -2.49. The van der Waals surface area contributed by atoms with Crippen molar-refractivity contribution in [3.05, 3.63) is 41.5 Å². The Kier molecular flexibility index (Phi) is 6.94. The van der Waals surface area contributed by atoms with Crippen LogP contribution in [0.15, 0.2) is 24.3 Å². The highest BCUT2D eigenvalue weighted by Crippen LogP contribution is 2.20. The lowest BCUT2D eigenvalue weighted by atomic mass is 10.1. The van der Waals surface area contributed by atoms with E-state index in [2.05, 4.69) is 29.8 Å². The number of rotatable bonds is 7. The Labute approximate surface area is 162 Å². The smallest absolute Gasteiger partial charge is 0.314 e. The fourth-order valence-electron chi connectivity index (χ4n) is 2.94. The van der Waals surface area contributed by atoms with E-state index in [9.17, 15) is 9.18 Å². The van der Waals surface area contributed by atoms with Crippen molar-refractivity contribution in [2.45, 2.75) is 13.3 Å². The third-order valence-electron chi connectivity index (χ3n) is 4.43. The lowest BCUT2D eigenvalue weighted by molar-refractivity contribution is 0.232. The predicted molar refractivity (Wildman–Crippen MR) is 105 cm³/mol. The summed E-state index contributed by atoms with van der Waals surface area (Å²) >= 11 is 1.41. The SMILES string of the molecule is CCNC(=O)NCCN1CCN(c2nc(Cc3ccc(F)cc3)ns2)CC1. The number of amides is 2. The molecule has 0 bridgehead atoms. The predicted octanol–water partition coefficient (Wildman–Crippen LogP) is 1.71. The van der Waals surface area contributed by atoms with Crippen molar-refractivity contribution >= 4 is 22.7 Å². The minimum absolute atomic E-state index is 0.112. The highest BCUT2D eigenvalue weighted by molar-refractivity contribution is 7.09. The number of nitrogens with zero attached hydrogens (tertiary/aromatic N) is 4. The number of carbonyl (C=O) groups is 1. The van der Waals surface area contributed by atoms with Gasteiger partial charge in [0.05, 0.1) is 0 Å². The normalized spacial score (nSPS) is 15.0. The van der Waals surface area contributed by atoms with Crippen LogP contribution in [-0.4, -0.2) is 66.1 Å². The molecule has 0 atom stereocenters. The van der Waals surface area contributed by atoms with Crippen LogP contribution in [0.2, 0.25) is 0 Å². The van der Waals surface area contributed by atoms with Crippen molar-refractivity contribution in [1.29, 1.82) is 0 Å². The number of benzene rings is 1. The van der Waals surface area contributed by atoms with Gasteiger partial charge in [0.15, 0.2) is 0 Å². The quantitative estimate of drug-likeness (QED) is 0.751. The maximum Gasteiger partial charge on any atom is 0.314 e. The van der Waals surface area contributed by atoms with Crippen LogP contribution < -0.4 is 15.5 Å². The number of hydrogen-bond donors (Lipinski definition) is 2. The molecule has 0 spiro atoms. The molecule has 3 rings (SSSR count). The van der Waals surface area contributed by atoms with Gasteiger partial charge in [0, 0.05) is 63.8 Å². The molecule has 2 amide bonds. The second-order valence-corrected chi connectivity index (χ2v) is 7.14. The van der Waals surface area contributed by atoms with Gasteiger partial charge in [-0.3, -0.25) is 4.90 Å². The second-order valence-electron chi connectivity index (χ2n) is 6.41. The van der Waals surface area contributed by atoms with Crippen LogP contribution in [0.3, 0.4) is 0 Å². The topological polar surface area (TPSA) is 73.4 Å². The molecular formula is C18H25FN6OS. The monoisotopic (exact) mass is 392 g/mol. The maximum atomic E-state index is 13.0. The average Bonchev–Trinajstić information content (AvgIpc) is 3.13. The number of hydrogen-bond acceptors (Lipinski definition) is 6. The molecule has 0 aliphatic carbocycles. The molecule has 1 aromatic heterocycles. The van der Waals surface area contributed by atoms with E-state index in [1.54, 1.807) is 12.1 Å². The summed E-state index contributed by atoms with van der Waals surface area (Å²) in [6.45, 7) is 7.68. The summed E-state index contributed by atoms with van der Waals surface area (Å²) in [6, 6.07) is 6.34. The Morgan fingerprint density at radius 1 is 1.19 bits per heavy atom. The van der Waals surface area contributed by atoms with Crippen LogP contribution in [0.4, 0.5) is 14.3 Å². The number of nitrogens with one attached hydrogen (secondary N) is 2. The number of halogens is 1. The highest BCUT2D eigenvalue weighted by Gasteiger charge is 2.20. The molecule has 0 saturated carbocycles. The van der Waals surface area contributed by atoms with Gasteiger partial charge < -0.3 is 15.5 Å². The second kappa shape index (κ2) is 9.61. The Hall–Kier alpha value is -2.26. The van der Waals surface area contributed by atoms with Crippen LogP contribution in [-0.2, 0) is 6.42 Å². The Morgan fingerprint density at radius 2 is 1.93 bits per heavy atom. The van der Waals surface area contributed by atoms with Crippen molar-refractivity contribution in [2.24, 2.45) is 0 Å². The van der Waals surface area contributed by atoms with Gasteiger partial charge >= 0.3 is 6.03 Å². The number of piperazine rings is 1. The minimum atomic E-state index is -0.232. The van der Waals surface area contributed by atoms with Crippen LogP contribution >= 0.6 is 11.5 Å². The summed E-state index contributed by atoms with van der Waals surface area (Å²) < 4.78 is 17.4. The standard InChI is InChI=1S/C18H25FN6OS/c1-2-20-17(26)21-7-8-24-9-11-25(12-10-24)18-22-16(23-27-18)13-14-3-5-15(19)6-4-14/h3-6H,2,7-13H2,1H3,(H2,20,21,26). The van der Waals surface area contributed by atoms with E-state index in [0.29, 0.717) is 19.5 Å². The summed E-state index contributed by atoms with van der Waals surface area (Å²) in [5.74, 6) is 0.542. The van der Waals surface area contributed by atoms with E-state index in [4.69, 9.17) is 0 Å². The fraction of sp³-hybridized carbons (Fsp3) is 0.500. The molecule has 7 nitrogen and oxygen atoms in total. The Balaban J connectivity index is 1.42. The number of urea groups is 1. The van der Waals surface area contributed by atoms with Gasteiger partial charge in [0.1, 0.15) is 11.6 Å². The van der Waals surface area contributed by atoms with Crippen LogP contribution in [0.1, 0.15) is 18.3 Å². The van der Waals surface area contributed by atoms with E-state index < -0.39 is 0 Å². The first kappa shape index (κ1) is 19.5. The molecule has 1 saturated heterocycles. The molecule has 1 aromatic carbocycles. The van der Waals surface area contributed by atoms with E-state index in [1.807, 2.05) is 6.92 Å². The molecule has 1 fully saturated rings. The summed E-state index contributed by atoms with van der Waals surface area (Å²) in [5, 5.41) is 6.52. The largest absolute Gasteiger partial charge is 0.344 e. The van der Waals surface area contributed by atoms with Gasteiger partial charge in [-0.2, -0.15) is 4.37 Å².